The lowest BCUT2D eigenvalue weighted by Gasteiger charge is -2.34. The molecule has 1 aliphatic rings. The summed E-state index contributed by atoms with van der Waals surface area (Å²) in [7, 11) is 0. The van der Waals surface area contributed by atoms with Crippen molar-refractivity contribution in [2.45, 2.75) is 51.4 Å². The van der Waals surface area contributed by atoms with E-state index in [1.807, 2.05) is 26.0 Å². The number of ether oxygens (including phenoxy) is 1. The van der Waals surface area contributed by atoms with Crippen LogP contribution in [0.2, 0.25) is 0 Å². The van der Waals surface area contributed by atoms with Gasteiger partial charge < -0.3 is 24.8 Å². The summed E-state index contributed by atoms with van der Waals surface area (Å²) in [6.45, 7) is 3.94. The van der Waals surface area contributed by atoms with Gasteiger partial charge in [0.1, 0.15) is 11.9 Å². The zero-order valence-electron chi connectivity index (χ0n) is 15.6. The first-order chi connectivity index (χ1) is 12.9. The number of aliphatic hydroxyl groups is 1. The molecule has 2 heterocycles. The van der Waals surface area contributed by atoms with Crippen LogP contribution in [0.4, 0.5) is 0 Å². The summed E-state index contributed by atoms with van der Waals surface area (Å²) in [5.74, 6) is 0.589. The third kappa shape index (κ3) is 5.08. The monoisotopic (exact) mass is 374 g/mol. The first-order valence-corrected chi connectivity index (χ1v) is 9.28. The van der Waals surface area contributed by atoms with Gasteiger partial charge in [-0.3, -0.25) is 4.79 Å². The summed E-state index contributed by atoms with van der Waals surface area (Å²) < 4.78 is 11.4. The van der Waals surface area contributed by atoms with E-state index in [4.69, 9.17) is 9.26 Å². The summed E-state index contributed by atoms with van der Waals surface area (Å²) >= 11 is 0. The number of amides is 1. The highest BCUT2D eigenvalue weighted by molar-refractivity contribution is 5.77. The third-order valence-corrected chi connectivity index (χ3v) is 4.71. The third-order valence-electron chi connectivity index (χ3n) is 4.71. The molecule has 7 heteroatoms. The maximum Gasteiger partial charge on any atom is 0.222 e. The molecule has 1 aromatic heterocycles. The predicted molar refractivity (Wildman–Crippen MR) is 99.1 cm³/mol. The lowest BCUT2D eigenvalue weighted by molar-refractivity contribution is -0.131. The minimum Gasteiger partial charge on any atom is -0.508 e. The van der Waals surface area contributed by atoms with Crippen molar-refractivity contribution in [1.82, 2.24) is 10.5 Å². The molecule has 1 aromatic carbocycles. The number of aromatic hydroxyl groups is 1. The minimum absolute atomic E-state index is 0.0554. The molecule has 0 radical (unpaired) electrons. The van der Waals surface area contributed by atoms with E-state index in [0.717, 1.165) is 11.3 Å². The van der Waals surface area contributed by atoms with Crippen LogP contribution in [0.25, 0.3) is 11.3 Å². The van der Waals surface area contributed by atoms with E-state index >= 15 is 0 Å². The van der Waals surface area contributed by atoms with Gasteiger partial charge in [-0.2, -0.15) is 0 Å². The Morgan fingerprint density at radius 2 is 2.15 bits per heavy atom. The molecule has 0 spiro atoms. The second-order valence-corrected chi connectivity index (χ2v) is 7.28. The van der Waals surface area contributed by atoms with Crippen LogP contribution in [0.1, 0.15) is 32.4 Å². The molecule has 3 N–H and O–H groups in total. The molecule has 3 rings (SSSR count). The topological polar surface area (TPSA) is 105 Å². The van der Waals surface area contributed by atoms with E-state index in [9.17, 15) is 15.0 Å². The maximum absolute atomic E-state index is 11.7. The van der Waals surface area contributed by atoms with E-state index in [1.165, 1.54) is 0 Å². The molecule has 1 aliphatic heterocycles. The number of phenolic OH excluding ortho intramolecular Hbond substituents is 1. The Kier molecular flexibility index (Phi) is 6.13. The average Bonchev–Trinajstić information content (AvgIpc) is 3.10. The Hall–Kier alpha value is -2.38. The second-order valence-electron chi connectivity index (χ2n) is 7.28. The molecule has 146 valence electrons. The molecular weight excluding hydrogens is 348 g/mol. The van der Waals surface area contributed by atoms with Crippen molar-refractivity contribution < 1.29 is 24.3 Å². The number of carbonyl (C=O) groups excluding carboxylic acids is 1. The molecule has 0 unspecified atom stereocenters. The molecule has 1 saturated heterocycles. The van der Waals surface area contributed by atoms with Gasteiger partial charge in [0.25, 0.3) is 0 Å². The van der Waals surface area contributed by atoms with E-state index in [-0.39, 0.29) is 23.7 Å². The molecular formula is C20H26N2O5. The summed E-state index contributed by atoms with van der Waals surface area (Å²) in [5, 5.41) is 26.6. The number of phenols is 1. The summed E-state index contributed by atoms with van der Waals surface area (Å²) in [6, 6.07) is 8.63. The molecule has 27 heavy (non-hydrogen) atoms. The molecule has 1 fully saturated rings. The molecule has 0 saturated carbocycles. The highest BCUT2D eigenvalue weighted by Gasteiger charge is 2.31. The van der Waals surface area contributed by atoms with Crippen molar-refractivity contribution in [3.63, 3.8) is 0 Å². The van der Waals surface area contributed by atoms with Crippen LogP contribution in [0, 0.1) is 5.92 Å². The normalized spacial score (nSPS) is 22.7. The number of aromatic nitrogens is 1. The van der Waals surface area contributed by atoms with Crippen molar-refractivity contribution in [1.29, 1.82) is 0 Å². The summed E-state index contributed by atoms with van der Waals surface area (Å²) in [5.41, 5.74) is 1.50. The fourth-order valence-electron chi connectivity index (χ4n) is 3.12. The van der Waals surface area contributed by atoms with Gasteiger partial charge >= 0.3 is 0 Å². The number of carbonyl (C=O) groups is 1. The fraction of sp³-hybridized carbons (Fsp3) is 0.500. The highest BCUT2D eigenvalue weighted by atomic mass is 16.5. The van der Waals surface area contributed by atoms with Gasteiger partial charge in [0, 0.05) is 30.5 Å². The number of benzene rings is 1. The van der Waals surface area contributed by atoms with Crippen molar-refractivity contribution in [2.75, 3.05) is 6.54 Å². The SMILES string of the molecule is CC(C)C(=O)NC[C@H]1O[C@H](Cc2cc(-c3cccc(O)c3)on2)CC[C@@H]1O. The zero-order valence-corrected chi connectivity index (χ0v) is 15.6. The number of aliphatic hydroxyl groups excluding tert-OH is 1. The van der Waals surface area contributed by atoms with Crippen LogP contribution in [0.3, 0.4) is 0 Å². The first kappa shape index (κ1) is 19.4. The molecule has 1 amide bonds. The lowest BCUT2D eigenvalue weighted by atomic mass is 9.98. The molecule has 3 atom stereocenters. The van der Waals surface area contributed by atoms with Crippen molar-refractivity contribution in [3.8, 4) is 17.1 Å². The van der Waals surface area contributed by atoms with Gasteiger partial charge in [0.05, 0.1) is 17.9 Å². The van der Waals surface area contributed by atoms with E-state index in [0.29, 0.717) is 31.6 Å². The van der Waals surface area contributed by atoms with E-state index in [2.05, 4.69) is 10.5 Å². The molecule has 0 bridgehead atoms. The number of hydrogen-bond donors (Lipinski definition) is 3. The molecule has 7 nitrogen and oxygen atoms in total. The fourth-order valence-corrected chi connectivity index (χ4v) is 3.12. The maximum atomic E-state index is 11.7. The Morgan fingerprint density at radius 1 is 1.33 bits per heavy atom. The Bertz CT molecular complexity index is 773. The zero-order chi connectivity index (χ0) is 19.4. The standard InChI is InChI=1S/C20H26N2O5/c1-12(2)20(25)21-11-19-17(24)7-6-16(26-19)9-14-10-18(27-22-14)13-4-3-5-15(23)8-13/h3-5,8,10,12,16-17,19,23-24H,6-7,9,11H2,1-2H3,(H,21,25)/t16-,17-,19+/m0/s1. The number of rotatable bonds is 6. The van der Waals surface area contributed by atoms with Crippen molar-refractivity contribution in [2.24, 2.45) is 5.92 Å². The predicted octanol–water partition coefficient (Wildman–Crippen LogP) is 2.27. The van der Waals surface area contributed by atoms with Crippen LogP contribution in [0.5, 0.6) is 5.75 Å². The average molecular weight is 374 g/mol. The quantitative estimate of drug-likeness (QED) is 0.716. The van der Waals surface area contributed by atoms with E-state index < -0.39 is 12.2 Å². The summed E-state index contributed by atoms with van der Waals surface area (Å²) in [6.07, 6.45) is 0.770. The second kappa shape index (κ2) is 8.54. The highest BCUT2D eigenvalue weighted by Crippen LogP contribution is 2.26. The lowest BCUT2D eigenvalue weighted by Crippen LogP contribution is -2.47. The Balaban J connectivity index is 1.58. The van der Waals surface area contributed by atoms with E-state index in [1.54, 1.807) is 18.2 Å². The first-order valence-electron chi connectivity index (χ1n) is 9.28. The Morgan fingerprint density at radius 3 is 2.89 bits per heavy atom. The smallest absolute Gasteiger partial charge is 0.222 e. The van der Waals surface area contributed by atoms with Gasteiger partial charge in [-0.25, -0.2) is 0 Å². The van der Waals surface area contributed by atoms with Crippen LogP contribution in [-0.4, -0.2) is 46.1 Å². The molecule has 2 aromatic rings. The Labute approximate surface area is 158 Å². The number of nitrogens with one attached hydrogen (secondary N) is 1. The largest absolute Gasteiger partial charge is 0.508 e. The van der Waals surface area contributed by atoms with Gasteiger partial charge in [-0.1, -0.05) is 31.1 Å². The molecule has 0 aliphatic carbocycles. The van der Waals surface area contributed by atoms with Crippen molar-refractivity contribution in [3.05, 3.63) is 36.0 Å². The van der Waals surface area contributed by atoms with Gasteiger partial charge in [0.15, 0.2) is 5.76 Å². The number of hydrogen-bond acceptors (Lipinski definition) is 6. The summed E-state index contributed by atoms with van der Waals surface area (Å²) in [4.78, 5) is 11.7. The van der Waals surface area contributed by atoms with Gasteiger partial charge in [0.2, 0.25) is 5.91 Å². The van der Waals surface area contributed by atoms with Crippen LogP contribution in [0.15, 0.2) is 34.9 Å². The van der Waals surface area contributed by atoms with Crippen LogP contribution >= 0.6 is 0 Å². The number of nitrogens with zero attached hydrogens (tertiary/aromatic N) is 1. The van der Waals surface area contributed by atoms with Gasteiger partial charge in [-0.15, -0.1) is 0 Å². The van der Waals surface area contributed by atoms with Crippen molar-refractivity contribution >= 4 is 5.91 Å². The van der Waals surface area contributed by atoms with Crippen LogP contribution < -0.4 is 5.32 Å². The minimum atomic E-state index is -0.589. The van der Waals surface area contributed by atoms with Gasteiger partial charge in [-0.05, 0) is 25.0 Å². The van der Waals surface area contributed by atoms with Crippen LogP contribution in [-0.2, 0) is 16.0 Å².